The molecule has 0 radical (unpaired) electrons. The summed E-state index contributed by atoms with van der Waals surface area (Å²) in [6.07, 6.45) is 0.797. The van der Waals surface area contributed by atoms with Crippen molar-refractivity contribution in [2.75, 3.05) is 7.11 Å². The second kappa shape index (κ2) is 3.11. The fraction of sp³-hybridized carbons (Fsp3) is 0.875. The van der Waals surface area contributed by atoms with E-state index in [2.05, 4.69) is 23.9 Å². The van der Waals surface area contributed by atoms with E-state index in [4.69, 9.17) is 0 Å². The molecular formula is C8H15NO2. The van der Waals surface area contributed by atoms with Crippen LogP contribution in [0.5, 0.6) is 0 Å². The number of nitrogens with one attached hydrogen (secondary N) is 1. The van der Waals surface area contributed by atoms with Crippen molar-refractivity contribution >= 4 is 6.09 Å². The van der Waals surface area contributed by atoms with E-state index < -0.39 is 0 Å². The van der Waals surface area contributed by atoms with Gasteiger partial charge in [0.1, 0.15) is 0 Å². The van der Waals surface area contributed by atoms with Crippen molar-refractivity contribution in [3.63, 3.8) is 0 Å². The number of hydrogen-bond donors (Lipinski definition) is 1. The first-order valence-corrected chi connectivity index (χ1v) is 3.99. The van der Waals surface area contributed by atoms with Gasteiger partial charge < -0.3 is 10.1 Å². The van der Waals surface area contributed by atoms with Gasteiger partial charge in [0, 0.05) is 6.04 Å². The highest BCUT2D eigenvalue weighted by atomic mass is 16.5. The Morgan fingerprint density at radius 2 is 2.27 bits per heavy atom. The van der Waals surface area contributed by atoms with Gasteiger partial charge in [0.15, 0.2) is 0 Å². The van der Waals surface area contributed by atoms with E-state index in [0.29, 0.717) is 17.9 Å². The lowest BCUT2D eigenvalue weighted by atomic mass is 10.1. The van der Waals surface area contributed by atoms with Crippen molar-refractivity contribution in [3.8, 4) is 0 Å². The molecule has 0 spiro atoms. The first-order chi connectivity index (χ1) is 5.15. The van der Waals surface area contributed by atoms with Gasteiger partial charge in [0.2, 0.25) is 0 Å². The number of amides is 1. The highest BCUT2D eigenvalue weighted by Crippen LogP contribution is 2.36. The van der Waals surface area contributed by atoms with Crippen LogP contribution in [-0.2, 0) is 4.74 Å². The Morgan fingerprint density at radius 3 is 2.64 bits per heavy atom. The second-order valence-corrected chi connectivity index (χ2v) is 3.39. The fourth-order valence-corrected chi connectivity index (χ4v) is 1.33. The van der Waals surface area contributed by atoms with Gasteiger partial charge in [-0.25, -0.2) is 4.79 Å². The molecule has 1 amide bonds. The fourth-order valence-electron chi connectivity index (χ4n) is 1.33. The minimum Gasteiger partial charge on any atom is -0.453 e. The topological polar surface area (TPSA) is 38.3 Å². The first kappa shape index (κ1) is 8.37. The highest BCUT2D eigenvalue weighted by molar-refractivity contribution is 5.67. The summed E-state index contributed by atoms with van der Waals surface area (Å²) in [7, 11) is 1.39. The lowest BCUT2D eigenvalue weighted by Crippen LogP contribution is -2.27. The van der Waals surface area contributed by atoms with Crippen LogP contribution in [-0.4, -0.2) is 19.2 Å². The van der Waals surface area contributed by atoms with E-state index in [0.717, 1.165) is 6.42 Å². The van der Waals surface area contributed by atoms with Gasteiger partial charge in [0.25, 0.3) is 0 Å². The number of rotatable bonds is 2. The maximum absolute atomic E-state index is 10.7. The Bertz CT molecular complexity index is 156. The van der Waals surface area contributed by atoms with Crippen molar-refractivity contribution in [3.05, 3.63) is 0 Å². The highest BCUT2D eigenvalue weighted by Gasteiger charge is 2.40. The molecule has 1 N–H and O–H groups in total. The third-order valence-corrected chi connectivity index (χ3v) is 2.18. The molecule has 1 aliphatic carbocycles. The Balaban J connectivity index is 2.18. The molecule has 1 fully saturated rings. The summed E-state index contributed by atoms with van der Waals surface area (Å²) in [6.45, 7) is 4.34. The summed E-state index contributed by atoms with van der Waals surface area (Å²) in [5, 5.41) is 2.77. The third kappa shape index (κ3) is 2.10. The summed E-state index contributed by atoms with van der Waals surface area (Å²) in [4.78, 5) is 10.7. The molecule has 2 atom stereocenters. The van der Waals surface area contributed by atoms with Crippen molar-refractivity contribution in [2.45, 2.75) is 26.3 Å². The summed E-state index contributed by atoms with van der Waals surface area (Å²) >= 11 is 0. The molecule has 0 aliphatic heterocycles. The quantitative estimate of drug-likeness (QED) is 0.657. The Kier molecular flexibility index (Phi) is 2.37. The van der Waals surface area contributed by atoms with E-state index in [1.165, 1.54) is 7.11 Å². The smallest absolute Gasteiger partial charge is 0.407 e. The van der Waals surface area contributed by atoms with Gasteiger partial charge in [-0.05, 0) is 18.3 Å². The van der Waals surface area contributed by atoms with Gasteiger partial charge >= 0.3 is 6.09 Å². The number of ether oxygens (including phenoxy) is 1. The van der Waals surface area contributed by atoms with E-state index in [-0.39, 0.29) is 6.09 Å². The van der Waals surface area contributed by atoms with Crippen LogP contribution in [0.3, 0.4) is 0 Å². The maximum Gasteiger partial charge on any atom is 0.407 e. The zero-order chi connectivity index (χ0) is 8.43. The maximum atomic E-state index is 10.7. The number of hydrogen-bond acceptors (Lipinski definition) is 2. The van der Waals surface area contributed by atoms with Gasteiger partial charge in [0.05, 0.1) is 7.11 Å². The molecule has 64 valence electrons. The van der Waals surface area contributed by atoms with Gasteiger partial charge in [-0.1, -0.05) is 13.8 Å². The van der Waals surface area contributed by atoms with Crippen molar-refractivity contribution in [1.29, 1.82) is 0 Å². The van der Waals surface area contributed by atoms with Gasteiger partial charge in [-0.2, -0.15) is 0 Å². The monoisotopic (exact) mass is 157 g/mol. The SMILES string of the molecule is COC(=O)N[C@H]1C[C@@H]1C(C)C. The molecule has 0 saturated heterocycles. The summed E-state index contributed by atoms with van der Waals surface area (Å²) in [5.41, 5.74) is 0. The van der Waals surface area contributed by atoms with Crippen molar-refractivity contribution < 1.29 is 9.53 Å². The Hall–Kier alpha value is -0.730. The third-order valence-electron chi connectivity index (χ3n) is 2.18. The standard InChI is InChI=1S/C8H15NO2/c1-5(2)6-4-7(6)9-8(10)11-3/h5-7H,4H2,1-3H3,(H,9,10)/t6-,7+/m1/s1. The minimum atomic E-state index is -0.307. The van der Waals surface area contributed by atoms with Crippen LogP contribution >= 0.6 is 0 Å². The molecule has 1 rings (SSSR count). The summed E-state index contributed by atoms with van der Waals surface area (Å²) < 4.78 is 4.48. The molecule has 0 unspecified atom stereocenters. The molecule has 0 aromatic rings. The molecular weight excluding hydrogens is 142 g/mol. The van der Waals surface area contributed by atoms with Crippen LogP contribution in [0.2, 0.25) is 0 Å². The number of carbonyl (C=O) groups excluding carboxylic acids is 1. The Labute approximate surface area is 67.1 Å². The normalized spacial score (nSPS) is 28.4. The van der Waals surface area contributed by atoms with Crippen LogP contribution in [0.15, 0.2) is 0 Å². The van der Waals surface area contributed by atoms with E-state index in [9.17, 15) is 4.79 Å². The van der Waals surface area contributed by atoms with Crippen LogP contribution < -0.4 is 5.32 Å². The molecule has 3 heteroatoms. The van der Waals surface area contributed by atoms with Gasteiger partial charge in [-0.15, -0.1) is 0 Å². The zero-order valence-corrected chi connectivity index (χ0v) is 7.26. The number of alkyl carbamates (subject to hydrolysis) is 1. The van der Waals surface area contributed by atoms with Crippen LogP contribution in [0.25, 0.3) is 0 Å². The predicted octanol–water partition coefficient (Wildman–Crippen LogP) is 1.39. The second-order valence-electron chi connectivity index (χ2n) is 3.39. The molecule has 0 aromatic carbocycles. The van der Waals surface area contributed by atoms with Crippen molar-refractivity contribution in [2.24, 2.45) is 11.8 Å². The lowest BCUT2D eigenvalue weighted by molar-refractivity contribution is 0.169. The molecule has 0 aromatic heterocycles. The van der Waals surface area contributed by atoms with Crippen molar-refractivity contribution in [1.82, 2.24) is 5.32 Å². The molecule has 11 heavy (non-hydrogen) atoms. The summed E-state index contributed by atoms with van der Waals surface area (Å²) in [6, 6.07) is 0.363. The average molecular weight is 157 g/mol. The Morgan fingerprint density at radius 1 is 1.64 bits per heavy atom. The lowest BCUT2D eigenvalue weighted by Gasteiger charge is -2.04. The molecule has 1 saturated carbocycles. The molecule has 0 bridgehead atoms. The summed E-state index contributed by atoms with van der Waals surface area (Å²) in [5.74, 6) is 1.33. The number of carbonyl (C=O) groups is 1. The molecule has 0 heterocycles. The van der Waals surface area contributed by atoms with E-state index in [1.807, 2.05) is 0 Å². The number of methoxy groups -OCH3 is 1. The predicted molar refractivity (Wildman–Crippen MR) is 42.3 cm³/mol. The molecule has 3 nitrogen and oxygen atoms in total. The zero-order valence-electron chi connectivity index (χ0n) is 7.26. The largest absolute Gasteiger partial charge is 0.453 e. The first-order valence-electron chi connectivity index (χ1n) is 3.99. The van der Waals surface area contributed by atoms with Crippen LogP contribution in [0.4, 0.5) is 4.79 Å². The average Bonchev–Trinajstić information content (AvgIpc) is 2.67. The minimum absolute atomic E-state index is 0.307. The van der Waals surface area contributed by atoms with Crippen LogP contribution in [0.1, 0.15) is 20.3 Å². The van der Waals surface area contributed by atoms with Gasteiger partial charge in [-0.3, -0.25) is 0 Å². The van der Waals surface area contributed by atoms with E-state index in [1.54, 1.807) is 0 Å². The molecule has 1 aliphatic rings. The van der Waals surface area contributed by atoms with E-state index >= 15 is 0 Å². The van der Waals surface area contributed by atoms with Crippen LogP contribution in [0, 0.1) is 11.8 Å².